The van der Waals surface area contributed by atoms with Gasteiger partial charge >= 0.3 is 0 Å². The topological polar surface area (TPSA) is 37.8 Å². The van der Waals surface area contributed by atoms with Crippen LogP contribution >= 0.6 is 0 Å². The Kier molecular flexibility index (Phi) is 2.87. The second kappa shape index (κ2) is 4.31. The number of fused-ring (bicyclic) bond motifs is 1. The molecule has 0 bridgehead atoms. The molecule has 3 nitrogen and oxygen atoms in total. The summed E-state index contributed by atoms with van der Waals surface area (Å²) in [6, 6.07) is 4.88. The lowest BCUT2D eigenvalue weighted by atomic mass is 10.2. The fourth-order valence-electron chi connectivity index (χ4n) is 1.41. The molecule has 4 heteroatoms. The predicted octanol–water partition coefficient (Wildman–Crippen LogP) is 1.53. The van der Waals surface area contributed by atoms with Gasteiger partial charge in [-0.3, -0.25) is 0 Å². The molecule has 78 valence electrons. The molecule has 0 saturated carbocycles. The Labute approximate surface area is 87.4 Å². The summed E-state index contributed by atoms with van der Waals surface area (Å²) < 4.78 is 13.4. The molecule has 1 heterocycles. The Balaban J connectivity index is 2.41. The second-order valence-corrected chi connectivity index (χ2v) is 3.32. The molecular weight excluding hydrogens is 193 g/mol. The van der Waals surface area contributed by atoms with Crippen molar-refractivity contribution in [2.75, 3.05) is 13.6 Å². The van der Waals surface area contributed by atoms with Crippen molar-refractivity contribution in [3.05, 3.63) is 36.0 Å². The largest absolute Gasteiger partial charge is 0.319 e. The molecule has 2 rings (SSSR count). The number of halogens is 1. The normalized spacial score (nSPS) is 10.8. The van der Waals surface area contributed by atoms with E-state index in [0.29, 0.717) is 17.8 Å². The molecule has 0 aliphatic carbocycles. The molecule has 0 amide bonds. The summed E-state index contributed by atoms with van der Waals surface area (Å²) in [4.78, 5) is 8.35. The van der Waals surface area contributed by atoms with Gasteiger partial charge in [-0.25, -0.2) is 14.4 Å². The van der Waals surface area contributed by atoms with Crippen LogP contribution in [0.3, 0.4) is 0 Å². The lowest BCUT2D eigenvalue weighted by molar-refractivity contribution is 0.635. The summed E-state index contributed by atoms with van der Waals surface area (Å²) in [6.45, 7) is 0.792. The highest BCUT2D eigenvalue weighted by Gasteiger charge is 2.03. The summed E-state index contributed by atoms with van der Waals surface area (Å²) in [7, 11) is 1.86. The molecule has 15 heavy (non-hydrogen) atoms. The Morgan fingerprint density at radius 2 is 2.27 bits per heavy atom. The van der Waals surface area contributed by atoms with Gasteiger partial charge in [0.15, 0.2) is 0 Å². The number of nitrogens with zero attached hydrogens (tertiary/aromatic N) is 2. The number of likely N-dealkylation sites (N-methyl/N-ethyl adjacent to an activating group) is 1. The van der Waals surface area contributed by atoms with Crippen LogP contribution in [0.4, 0.5) is 4.39 Å². The molecule has 2 aromatic rings. The molecule has 0 spiro atoms. The quantitative estimate of drug-likeness (QED) is 0.825. The van der Waals surface area contributed by atoms with Crippen molar-refractivity contribution >= 4 is 10.9 Å². The number of nitrogens with one attached hydrogen (secondary N) is 1. The van der Waals surface area contributed by atoms with E-state index in [1.807, 2.05) is 7.05 Å². The first-order valence-corrected chi connectivity index (χ1v) is 4.86. The molecule has 0 saturated heterocycles. The first-order chi connectivity index (χ1) is 7.31. The summed E-state index contributed by atoms with van der Waals surface area (Å²) >= 11 is 0. The highest BCUT2D eigenvalue weighted by molar-refractivity contribution is 5.77. The van der Waals surface area contributed by atoms with Gasteiger partial charge in [0.1, 0.15) is 17.2 Å². The van der Waals surface area contributed by atoms with Crippen LogP contribution < -0.4 is 5.32 Å². The number of para-hydroxylation sites is 1. The first kappa shape index (κ1) is 9.98. The zero-order valence-corrected chi connectivity index (χ0v) is 8.50. The van der Waals surface area contributed by atoms with Gasteiger partial charge in [-0.2, -0.15) is 0 Å². The van der Waals surface area contributed by atoms with Crippen molar-refractivity contribution < 1.29 is 4.39 Å². The van der Waals surface area contributed by atoms with E-state index >= 15 is 0 Å². The van der Waals surface area contributed by atoms with Gasteiger partial charge in [-0.05, 0) is 13.1 Å². The summed E-state index contributed by atoms with van der Waals surface area (Å²) in [5, 5.41) is 3.74. The molecule has 1 N–H and O–H groups in total. The molecule has 0 fully saturated rings. The van der Waals surface area contributed by atoms with Crippen molar-refractivity contribution in [1.29, 1.82) is 0 Å². The number of aromatic nitrogens is 2. The first-order valence-electron chi connectivity index (χ1n) is 4.86. The van der Waals surface area contributed by atoms with E-state index in [9.17, 15) is 4.39 Å². The van der Waals surface area contributed by atoms with Crippen LogP contribution in [0.15, 0.2) is 24.4 Å². The number of benzene rings is 1. The third-order valence-corrected chi connectivity index (χ3v) is 2.21. The maximum atomic E-state index is 13.4. The molecule has 1 aromatic heterocycles. The van der Waals surface area contributed by atoms with E-state index in [4.69, 9.17) is 0 Å². The van der Waals surface area contributed by atoms with Crippen LogP contribution in [-0.2, 0) is 6.42 Å². The van der Waals surface area contributed by atoms with Crippen LogP contribution in [0.2, 0.25) is 0 Å². The van der Waals surface area contributed by atoms with Crippen molar-refractivity contribution in [3.63, 3.8) is 0 Å². The number of hydrogen-bond donors (Lipinski definition) is 1. The maximum Gasteiger partial charge on any atom is 0.149 e. The Bertz CT molecular complexity index is 470. The fraction of sp³-hybridized carbons (Fsp3) is 0.273. The van der Waals surface area contributed by atoms with Crippen LogP contribution in [0.1, 0.15) is 5.82 Å². The van der Waals surface area contributed by atoms with E-state index in [1.54, 1.807) is 18.3 Å². The minimum atomic E-state index is -0.291. The van der Waals surface area contributed by atoms with Crippen molar-refractivity contribution in [2.45, 2.75) is 6.42 Å². The van der Waals surface area contributed by atoms with Gasteiger partial charge < -0.3 is 5.32 Å². The van der Waals surface area contributed by atoms with Crippen LogP contribution in [0, 0.1) is 5.82 Å². The molecule has 1 aromatic carbocycles. The summed E-state index contributed by atoms with van der Waals surface area (Å²) in [5.74, 6) is 0.377. The Morgan fingerprint density at radius 1 is 1.40 bits per heavy atom. The average Bonchev–Trinajstić information content (AvgIpc) is 2.27. The van der Waals surface area contributed by atoms with Gasteiger partial charge in [0.05, 0.1) is 0 Å². The van der Waals surface area contributed by atoms with Crippen molar-refractivity contribution in [2.24, 2.45) is 0 Å². The van der Waals surface area contributed by atoms with Gasteiger partial charge in [-0.1, -0.05) is 12.1 Å². The summed E-state index contributed by atoms with van der Waals surface area (Å²) in [5.41, 5.74) is 0.401. The maximum absolute atomic E-state index is 13.4. The number of hydrogen-bond acceptors (Lipinski definition) is 3. The zero-order chi connectivity index (χ0) is 10.7. The minimum absolute atomic E-state index is 0.291. The Morgan fingerprint density at radius 3 is 3.07 bits per heavy atom. The monoisotopic (exact) mass is 205 g/mol. The van der Waals surface area contributed by atoms with Gasteiger partial charge in [0.2, 0.25) is 0 Å². The van der Waals surface area contributed by atoms with E-state index in [0.717, 1.165) is 11.9 Å². The molecule has 0 aliphatic heterocycles. The van der Waals surface area contributed by atoms with Gasteiger partial charge in [0, 0.05) is 24.5 Å². The van der Waals surface area contributed by atoms with E-state index in [-0.39, 0.29) is 5.82 Å². The molecule has 0 aliphatic rings. The standard InChI is InChI=1S/C11H12FN3/c1-13-6-5-10-14-7-8-3-2-4-9(12)11(8)15-10/h2-4,7,13H,5-6H2,1H3. The van der Waals surface area contributed by atoms with Gasteiger partial charge in [0.25, 0.3) is 0 Å². The third-order valence-electron chi connectivity index (χ3n) is 2.21. The predicted molar refractivity (Wildman–Crippen MR) is 57.1 cm³/mol. The van der Waals surface area contributed by atoms with E-state index in [2.05, 4.69) is 15.3 Å². The van der Waals surface area contributed by atoms with Crippen molar-refractivity contribution in [3.8, 4) is 0 Å². The molecule has 0 radical (unpaired) electrons. The zero-order valence-electron chi connectivity index (χ0n) is 8.50. The van der Waals surface area contributed by atoms with E-state index < -0.39 is 0 Å². The van der Waals surface area contributed by atoms with E-state index in [1.165, 1.54) is 6.07 Å². The second-order valence-electron chi connectivity index (χ2n) is 3.32. The number of rotatable bonds is 3. The molecular formula is C11H12FN3. The molecule has 0 unspecified atom stereocenters. The lowest BCUT2D eigenvalue weighted by Gasteiger charge is -2.02. The highest BCUT2D eigenvalue weighted by atomic mass is 19.1. The van der Waals surface area contributed by atoms with Gasteiger partial charge in [-0.15, -0.1) is 0 Å². The fourth-order valence-corrected chi connectivity index (χ4v) is 1.41. The van der Waals surface area contributed by atoms with Crippen LogP contribution in [-0.4, -0.2) is 23.6 Å². The van der Waals surface area contributed by atoms with Crippen molar-refractivity contribution in [1.82, 2.24) is 15.3 Å². The Hall–Kier alpha value is -1.55. The van der Waals surface area contributed by atoms with Crippen LogP contribution in [0.25, 0.3) is 10.9 Å². The minimum Gasteiger partial charge on any atom is -0.319 e. The summed E-state index contributed by atoms with van der Waals surface area (Å²) in [6.07, 6.45) is 2.37. The third kappa shape index (κ3) is 2.10. The SMILES string of the molecule is CNCCc1ncc2cccc(F)c2n1. The smallest absolute Gasteiger partial charge is 0.149 e. The van der Waals surface area contributed by atoms with Crippen LogP contribution in [0.5, 0.6) is 0 Å². The average molecular weight is 205 g/mol. The molecule has 0 atom stereocenters. The highest BCUT2D eigenvalue weighted by Crippen LogP contribution is 2.14. The lowest BCUT2D eigenvalue weighted by Crippen LogP contribution is -2.12.